The van der Waals surface area contributed by atoms with E-state index in [1.54, 1.807) is 12.1 Å². The second-order valence-corrected chi connectivity index (χ2v) is 7.05. The normalized spacial score (nSPS) is 10.3. The average Bonchev–Trinajstić information content (AvgIpc) is 2.69. The molecule has 3 rings (SSSR count). The summed E-state index contributed by atoms with van der Waals surface area (Å²) in [6, 6.07) is 18.9. The van der Waals surface area contributed by atoms with Crippen molar-refractivity contribution in [2.24, 2.45) is 0 Å². The third kappa shape index (κ3) is 4.90. The Morgan fingerprint density at radius 1 is 1.11 bits per heavy atom. The predicted molar refractivity (Wildman–Crippen MR) is 110 cm³/mol. The summed E-state index contributed by atoms with van der Waals surface area (Å²) in [4.78, 5) is 25.1. The van der Waals surface area contributed by atoms with E-state index >= 15 is 0 Å². The van der Waals surface area contributed by atoms with Crippen LogP contribution in [-0.4, -0.2) is 18.5 Å². The number of ether oxygens (including phenoxy) is 1. The van der Waals surface area contributed by atoms with Gasteiger partial charge in [-0.25, -0.2) is 0 Å². The van der Waals surface area contributed by atoms with Crippen molar-refractivity contribution in [3.63, 3.8) is 0 Å². The standard InChI is InChI=1S/C22H18N2O3S/c1-15-11-18(28-14-23)9-10-20(15)24-21(25)13-27-22(26)12-17-7-4-6-16-5-2-3-8-19(16)17/h2-11H,12-13H2,1H3,(H,24,25). The summed E-state index contributed by atoms with van der Waals surface area (Å²) in [5.74, 6) is -0.862. The molecule has 5 nitrogen and oxygen atoms in total. The first-order valence-corrected chi connectivity index (χ1v) is 9.47. The van der Waals surface area contributed by atoms with Crippen molar-refractivity contribution in [2.45, 2.75) is 18.2 Å². The quantitative estimate of drug-likeness (QED) is 0.382. The molecule has 0 radical (unpaired) electrons. The highest BCUT2D eigenvalue weighted by atomic mass is 32.2. The molecule has 140 valence electrons. The molecule has 3 aromatic rings. The number of amides is 1. The molecule has 0 aliphatic carbocycles. The fourth-order valence-corrected chi connectivity index (χ4v) is 3.36. The molecule has 28 heavy (non-hydrogen) atoms. The summed E-state index contributed by atoms with van der Waals surface area (Å²) in [6.45, 7) is 1.49. The maximum atomic E-state index is 12.2. The number of hydrogen-bond acceptors (Lipinski definition) is 5. The molecule has 0 heterocycles. The molecule has 1 N–H and O–H groups in total. The van der Waals surface area contributed by atoms with Crippen LogP contribution < -0.4 is 5.32 Å². The lowest BCUT2D eigenvalue weighted by molar-refractivity contribution is -0.146. The third-order valence-electron chi connectivity index (χ3n) is 4.21. The van der Waals surface area contributed by atoms with Crippen LogP contribution in [0.4, 0.5) is 5.69 Å². The number of anilines is 1. The maximum Gasteiger partial charge on any atom is 0.310 e. The molecule has 3 aromatic carbocycles. The molecule has 0 saturated carbocycles. The van der Waals surface area contributed by atoms with Gasteiger partial charge >= 0.3 is 5.97 Å². The van der Waals surface area contributed by atoms with Crippen LogP contribution in [0.15, 0.2) is 65.6 Å². The maximum absolute atomic E-state index is 12.2. The van der Waals surface area contributed by atoms with E-state index in [0.717, 1.165) is 38.6 Å². The van der Waals surface area contributed by atoms with Crippen molar-refractivity contribution in [1.29, 1.82) is 5.26 Å². The fraction of sp³-hybridized carbons (Fsp3) is 0.136. The van der Waals surface area contributed by atoms with Crippen molar-refractivity contribution in [2.75, 3.05) is 11.9 Å². The Kier molecular flexibility index (Phi) is 6.30. The van der Waals surface area contributed by atoms with Crippen molar-refractivity contribution >= 4 is 40.1 Å². The summed E-state index contributed by atoms with van der Waals surface area (Å²) in [6.07, 6.45) is 0.105. The van der Waals surface area contributed by atoms with Gasteiger partial charge in [0.05, 0.1) is 6.42 Å². The molecule has 0 aliphatic rings. The van der Waals surface area contributed by atoms with Gasteiger partial charge < -0.3 is 10.1 Å². The zero-order chi connectivity index (χ0) is 19.9. The van der Waals surface area contributed by atoms with Gasteiger partial charge in [-0.2, -0.15) is 5.26 Å². The Labute approximate surface area is 167 Å². The molecule has 0 atom stereocenters. The molecular formula is C22H18N2O3S. The van der Waals surface area contributed by atoms with Crippen LogP contribution in [0.25, 0.3) is 10.8 Å². The Morgan fingerprint density at radius 2 is 1.89 bits per heavy atom. The minimum Gasteiger partial charge on any atom is -0.455 e. The highest BCUT2D eigenvalue weighted by molar-refractivity contribution is 8.03. The number of nitriles is 1. The van der Waals surface area contributed by atoms with Gasteiger partial charge in [-0.3, -0.25) is 9.59 Å². The molecule has 1 amide bonds. The van der Waals surface area contributed by atoms with Crippen LogP contribution in [0.5, 0.6) is 0 Å². The van der Waals surface area contributed by atoms with Crippen molar-refractivity contribution in [3.8, 4) is 5.40 Å². The number of hydrogen-bond donors (Lipinski definition) is 1. The lowest BCUT2D eigenvalue weighted by Gasteiger charge is -2.10. The monoisotopic (exact) mass is 390 g/mol. The van der Waals surface area contributed by atoms with Gasteiger partial charge in [-0.1, -0.05) is 42.5 Å². The minimum atomic E-state index is -0.455. The van der Waals surface area contributed by atoms with Crippen LogP contribution >= 0.6 is 11.8 Å². The van der Waals surface area contributed by atoms with Crippen LogP contribution in [0.3, 0.4) is 0 Å². The number of carbonyl (C=O) groups excluding carboxylic acids is 2. The van der Waals surface area contributed by atoms with E-state index in [0.29, 0.717) is 5.69 Å². The second kappa shape index (κ2) is 9.07. The summed E-state index contributed by atoms with van der Waals surface area (Å²) < 4.78 is 5.13. The molecule has 0 aliphatic heterocycles. The SMILES string of the molecule is Cc1cc(SC#N)ccc1NC(=O)COC(=O)Cc1cccc2ccccc12. The number of thiocyanates is 1. The van der Waals surface area contributed by atoms with Gasteiger partial charge in [-0.05, 0) is 58.8 Å². The first kappa shape index (κ1) is 19.5. The lowest BCUT2D eigenvalue weighted by atomic mass is 10.0. The van der Waals surface area contributed by atoms with E-state index in [2.05, 4.69) is 5.32 Å². The molecule has 0 bridgehead atoms. The van der Waals surface area contributed by atoms with Crippen LogP contribution in [0, 0.1) is 17.6 Å². The van der Waals surface area contributed by atoms with E-state index in [1.807, 2.05) is 60.9 Å². The summed E-state index contributed by atoms with van der Waals surface area (Å²) in [7, 11) is 0. The lowest BCUT2D eigenvalue weighted by Crippen LogP contribution is -2.22. The second-order valence-electron chi connectivity index (χ2n) is 6.19. The molecule has 6 heteroatoms. The number of nitrogens with zero attached hydrogens (tertiary/aromatic N) is 1. The predicted octanol–water partition coefficient (Wildman–Crippen LogP) is 4.45. The number of aryl methyl sites for hydroxylation is 1. The zero-order valence-electron chi connectivity index (χ0n) is 15.3. The number of rotatable bonds is 6. The highest BCUT2D eigenvalue weighted by Gasteiger charge is 2.12. The van der Waals surface area contributed by atoms with Crippen molar-refractivity contribution in [1.82, 2.24) is 0 Å². The van der Waals surface area contributed by atoms with Crippen LogP contribution in [-0.2, 0) is 20.7 Å². The van der Waals surface area contributed by atoms with Gasteiger partial charge in [0.2, 0.25) is 0 Å². The first-order chi connectivity index (χ1) is 13.6. The van der Waals surface area contributed by atoms with E-state index in [9.17, 15) is 9.59 Å². The molecular weight excluding hydrogens is 372 g/mol. The fourth-order valence-electron chi connectivity index (χ4n) is 2.88. The van der Waals surface area contributed by atoms with E-state index in [1.165, 1.54) is 0 Å². The van der Waals surface area contributed by atoms with Gasteiger partial charge in [-0.15, -0.1) is 0 Å². The number of fused-ring (bicyclic) bond motifs is 1. The van der Waals surface area contributed by atoms with Gasteiger partial charge in [0.1, 0.15) is 5.40 Å². The Hall–Kier alpha value is -3.30. The first-order valence-electron chi connectivity index (χ1n) is 8.65. The number of benzene rings is 3. The van der Waals surface area contributed by atoms with E-state index in [4.69, 9.17) is 10.00 Å². The summed E-state index contributed by atoms with van der Waals surface area (Å²) in [5.41, 5.74) is 2.32. The van der Waals surface area contributed by atoms with Gasteiger partial charge in [0.15, 0.2) is 6.61 Å². The Bertz CT molecular complexity index is 1070. The zero-order valence-corrected chi connectivity index (χ0v) is 16.1. The highest BCUT2D eigenvalue weighted by Crippen LogP contribution is 2.23. The van der Waals surface area contributed by atoms with Crippen LogP contribution in [0.1, 0.15) is 11.1 Å². The summed E-state index contributed by atoms with van der Waals surface area (Å²) in [5, 5.41) is 15.5. The molecule has 0 spiro atoms. The molecule has 0 unspecified atom stereocenters. The number of thioether (sulfide) groups is 1. The van der Waals surface area contributed by atoms with E-state index < -0.39 is 11.9 Å². The van der Waals surface area contributed by atoms with Gasteiger partial charge in [0, 0.05) is 10.6 Å². The summed E-state index contributed by atoms with van der Waals surface area (Å²) >= 11 is 1.06. The smallest absolute Gasteiger partial charge is 0.310 e. The Balaban J connectivity index is 1.56. The Morgan fingerprint density at radius 3 is 2.68 bits per heavy atom. The molecule has 0 saturated heterocycles. The third-order valence-corrected chi connectivity index (χ3v) is 4.80. The molecule has 0 aromatic heterocycles. The largest absolute Gasteiger partial charge is 0.455 e. The molecule has 0 fully saturated rings. The number of esters is 1. The van der Waals surface area contributed by atoms with Crippen molar-refractivity contribution in [3.05, 3.63) is 71.8 Å². The van der Waals surface area contributed by atoms with Crippen LogP contribution in [0.2, 0.25) is 0 Å². The van der Waals surface area contributed by atoms with Crippen molar-refractivity contribution < 1.29 is 14.3 Å². The number of nitrogens with one attached hydrogen (secondary N) is 1. The minimum absolute atomic E-state index is 0.105. The number of carbonyl (C=O) groups is 2. The average molecular weight is 390 g/mol. The van der Waals surface area contributed by atoms with Gasteiger partial charge in [0.25, 0.3) is 5.91 Å². The van der Waals surface area contributed by atoms with E-state index in [-0.39, 0.29) is 13.0 Å². The topological polar surface area (TPSA) is 79.2 Å².